The summed E-state index contributed by atoms with van der Waals surface area (Å²) in [7, 11) is 1.41. The SMILES string of the molecule is COCC(OC(C)=O)C(OC(C)=O)C(C)OC(C)=O. The zero-order chi connectivity index (χ0) is 15.0. The molecule has 3 unspecified atom stereocenters. The number of ether oxygens (including phenoxy) is 4. The van der Waals surface area contributed by atoms with Gasteiger partial charge in [0.25, 0.3) is 0 Å². The maximum atomic E-state index is 11.1. The molecule has 110 valence electrons. The quantitative estimate of drug-likeness (QED) is 0.492. The Balaban J connectivity index is 4.97. The van der Waals surface area contributed by atoms with Crippen LogP contribution in [0.5, 0.6) is 0 Å². The molecule has 0 spiro atoms. The first kappa shape index (κ1) is 17.4. The van der Waals surface area contributed by atoms with E-state index in [1.165, 1.54) is 27.9 Å². The average Bonchev–Trinajstić information content (AvgIpc) is 2.23. The third-order valence-corrected chi connectivity index (χ3v) is 2.13. The van der Waals surface area contributed by atoms with Crippen molar-refractivity contribution in [3.63, 3.8) is 0 Å². The molecule has 0 amide bonds. The topological polar surface area (TPSA) is 88.1 Å². The zero-order valence-corrected chi connectivity index (χ0v) is 11.8. The Bertz CT molecular complexity index is 326. The van der Waals surface area contributed by atoms with E-state index in [-0.39, 0.29) is 6.61 Å². The number of carbonyl (C=O) groups is 3. The van der Waals surface area contributed by atoms with E-state index in [0.717, 1.165) is 0 Å². The van der Waals surface area contributed by atoms with Crippen LogP contribution in [0.2, 0.25) is 0 Å². The van der Waals surface area contributed by atoms with Crippen LogP contribution in [-0.4, -0.2) is 49.9 Å². The lowest BCUT2D eigenvalue weighted by Gasteiger charge is -2.29. The summed E-state index contributed by atoms with van der Waals surface area (Å²) in [5.74, 6) is -1.64. The summed E-state index contributed by atoms with van der Waals surface area (Å²) in [6.45, 7) is 5.23. The van der Waals surface area contributed by atoms with Crippen LogP contribution in [0.4, 0.5) is 0 Å². The Labute approximate surface area is 112 Å². The first-order valence-corrected chi connectivity index (χ1v) is 5.78. The van der Waals surface area contributed by atoms with Crippen LogP contribution in [-0.2, 0) is 33.3 Å². The lowest BCUT2D eigenvalue weighted by Crippen LogP contribution is -2.45. The van der Waals surface area contributed by atoms with Crippen LogP contribution in [0.25, 0.3) is 0 Å². The Morgan fingerprint density at radius 1 is 0.895 bits per heavy atom. The van der Waals surface area contributed by atoms with Crippen LogP contribution in [0.1, 0.15) is 27.7 Å². The molecule has 0 aromatic carbocycles. The van der Waals surface area contributed by atoms with Crippen LogP contribution in [0, 0.1) is 0 Å². The highest BCUT2D eigenvalue weighted by Crippen LogP contribution is 2.14. The molecule has 0 rings (SSSR count). The molecular formula is C12H20O7. The zero-order valence-electron chi connectivity index (χ0n) is 11.8. The second-order valence-electron chi connectivity index (χ2n) is 3.99. The number of methoxy groups -OCH3 is 1. The molecule has 0 aromatic heterocycles. The first-order chi connectivity index (χ1) is 8.77. The van der Waals surface area contributed by atoms with E-state index in [1.54, 1.807) is 6.92 Å². The Morgan fingerprint density at radius 3 is 1.74 bits per heavy atom. The highest BCUT2D eigenvalue weighted by molar-refractivity contribution is 5.68. The van der Waals surface area contributed by atoms with Crippen molar-refractivity contribution in [2.24, 2.45) is 0 Å². The van der Waals surface area contributed by atoms with Gasteiger partial charge < -0.3 is 18.9 Å². The molecule has 0 aliphatic rings. The lowest BCUT2D eigenvalue weighted by molar-refractivity contribution is -0.185. The van der Waals surface area contributed by atoms with Gasteiger partial charge in [0.05, 0.1) is 6.61 Å². The van der Waals surface area contributed by atoms with Gasteiger partial charge in [0.15, 0.2) is 12.2 Å². The number of rotatable bonds is 7. The number of hydrogen-bond acceptors (Lipinski definition) is 7. The standard InChI is InChI=1S/C12H20O7/c1-7(17-8(2)13)12(19-10(4)15)11(6-16-5)18-9(3)14/h7,11-12H,6H2,1-5H3. The molecule has 0 saturated heterocycles. The molecule has 0 N–H and O–H groups in total. The Morgan fingerprint density at radius 2 is 1.37 bits per heavy atom. The van der Waals surface area contributed by atoms with Crippen molar-refractivity contribution in [3.8, 4) is 0 Å². The third-order valence-electron chi connectivity index (χ3n) is 2.13. The Kier molecular flexibility index (Phi) is 7.74. The minimum absolute atomic E-state index is 0.0170. The minimum Gasteiger partial charge on any atom is -0.459 e. The summed E-state index contributed by atoms with van der Waals surface area (Å²) in [4.78, 5) is 33.1. The normalized spacial score (nSPS) is 15.0. The van der Waals surface area contributed by atoms with Crippen molar-refractivity contribution in [3.05, 3.63) is 0 Å². The molecule has 0 saturated carbocycles. The van der Waals surface area contributed by atoms with Crippen molar-refractivity contribution in [2.75, 3.05) is 13.7 Å². The minimum atomic E-state index is -0.926. The molecule has 0 aliphatic heterocycles. The maximum absolute atomic E-state index is 11.1. The average molecular weight is 276 g/mol. The van der Waals surface area contributed by atoms with Gasteiger partial charge in [0.2, 0.25) is 0 Å². The number of hydrogen-bond donors (Lipinski definition) is 0. The van der Waals surface area contributed by atoms with Crippen molar-refractivity contribution in [2.45, 2.75) is 46.0 Å². The van der Waals surface area contributed by atoms with Crippen molar-refractivity contribution in [1.29, 1.82) is 0 Å². The fourth-order valence-electron chi connectivity index (χ4n) is 1.57. The van der Waals surface area contributed by atoms with Gasteiger partial charge in [-0.25, -0.2) is 0 Å². The second kappa shape index (κ2) is 8.47. The van der Waals surface area contributed by atoms with Crippen molar-refractivity contribution in [1.82, 2.24) is 0 Å². The van der Waals surface area contributed by atoms with Gasteiger partial charge in [-0.05, 0) is 6.92 Å². The van der Waals surface area contributed by atoms with Gasteiger partial charge in [-0.15, -0.1) is 0 Å². The van der Waals surface area contributed by atoms with E-state index in [1.807, 2.05) is 0 Å². The molecule has 3 atom stereocenters. The predicted molar refractivity (Wildman–Crippen MR) is 64.2 cm³/mol. The van der Waals surface area contributed by atoms with Crippen molar-refractivity contribution < 1.29 is 33.3 Å². The summed E-state index contributed by atoms with van der Waals surface area (Å²) in [6, 6.07) is 0. The first-order valence-electron chi connectivity index (χ1n) is 5.78. The molecule has 0 heterocycles. The van der Waals surface area contributed by atoms with Gasteiger partial charge in [-0.3, -0.25) is 14.4 Å². The van der Waals surface area contributed by atoms with Gasteiger partial charge in [-0.1, -0.05) is 0 Å². The molecule has 19 heavy (non-hydrogen) atoms. The van der Waals surface area contributed by atoms with Crippen LogP contribution < -0.4 is 0 Å². The summed E-state index contributed by atoms with van der Waals surface area (Å²) >= 11 is 0. The predicted octanol–water partition coefficient (Wildman–Crippen LogP) is 0.448. The summed E-state index contributed by atoms with van der Waals surface area (Å²) in [5, 5.41) is 0. The van der Waals surface area contributed by atoms with E-state index in [2.05, 4.69) is 0 Å². The molecule has 0 fully saturated rings. The summed E-state index contributed by atoms with van der Waals surface area (Å²) in [6.07, 6.45) is -2.54. The molecule has 0 aliphatic carbocycles. The molecule has 0 bridgehead atoms. The second-order valence-corrected chi connectivity index (χ2v) is 3.99. The molecular weight excluding hydrogens is 256 g/mol. The molecule has 7 heteroatoms. The fourth-order valence-corrected chi connectivity index (χ4v) is 1.57. The van der Waals surface area contributed by atoms with E-state index in [9.17, 15) is 14.4 Å². The van der Waals surface area contributed by atoms with Gasteiger partial charge >= 0.3 is 17.9 Å². The van der Waals surface area contributed by atoms with Crippen LogP contribution >= 0.6 is 0 Å². The molecule has 0 radical (unpaired) electrons. The van der Waals surface area contributed by atoms with E-state index in [0.29, 0.717) is 0 Å². The number of carbonyl (C=O) groups excluding carboxylic acids is 3. The van der Waals surface area contributed by atoms with Gasteiger partial charge in [-0.2, -0.15) is 0 Å². The largest absolute Gasteiger partial charge is 0.459 e. The maximum Gasteiger partial charge on any atom is 0.303 e. The summed E-state index contributed by atoms with van der Waals surface area (Å²) < 4.78 is 20.0. The molecule has 0 aromatic rings. The van der Waals surface area contributed by atoms with E-state index >= 15 is 0 Å². The van der Waals surface area contributed by atoms with Gasteiger partial charge in [0.1, 0.15) is 6.10 Å². The monoisotopic (exact) mass is 276 g/mol. The Hall–Kier alpha value is -1.63. The highest BCUT2D eigenvalue weighted by atomic mass is 16.6. The van der Waals surface area contributed by atoms with Gasteiger partial charge in [0, 0.05) is 27.9 Å². The smallest absolute Gasteiger partial charge is 0.303 e. The van der Waals surface area contributed by atoms with Crippen LogP contribution in [0.15, 0.2) is 0 Å². The van der Waals surface area contributed by atoms with Crippen molar-refractivity contribution >= 4 is 17.9 Å². The van der Waals surface area contributed by atoms with E-state index in [4.69, 9.17) is 18.9 Å². The lowest BCUT2D eigenvalue weighted by atomic mass is 10.1. The third kappa shape index (κ3) is 7.40. The number of esters is 3. The summed E-state index contributed by atoms with van der Waals surface area (Å²) in [5.41, 5.74) is 0. The van der Waals surface area contributed by atoms with Crippen LogP contribution in [0.3, 0.4) is 0 Å². The molecule has 7 nitrogen and oxygen atoms in total. The van der Waals surface area contributed by atoms with E-state index < -0.39 is 36.2 Å². The fraction of sp³-hybridized carbons (Fsp3) is 0.750. The highest BCUT2D eigenvalue weighted by Gasteiger charge is 2.34.